The molecule has 2 aromatic carbocycles. The van der Waals surface area contributed by atoms with Gasteiger partial charge in [-0.2, -0.15) is 0 Å². The molecule has 0 aliphatic carbocycles. The lowest BCUT2D eigenvalue weighted by Gasteiger charge is -2.22. The van der Waals surface area contributed by atoms with E-state index in [0.717, 1.165) is 5.57 Å². The standard InChI is InChI=1S/C18H18Si/c1-16(2)14-15-19(3,17-10-6-4-7-11-17)18-12-8-5-9-13-18/h4-13H,1H2,2-3H3. The van der Waals surface area contributed by atoms with Crippen molar-refractivity contribution in [1.82, 2.24) is 0 Å². The van der Waals surface area contributed by atoms with Crippen molar-refractivity contribution in [2.24, 2.45) is 0 Å². The minimum atomic E-state index is -1.99. The largest absolute Gasteiger partial charge is 0.196 e. The molecule has 2 rings (SSSR count). The van der Waals surface area contributed by atoms with E-state index in [4.69, 9.17) is 0 Å². The first-order valence-corrected chi connectivity index (χ1v) is 8.92. The van der Waals surface area contributed by atoms with E-state index in [0.29, 0.717) is 0 Å². The normalized spacial score (nSPS) is 10.4. The average molecular weight is 262 g/mol. The van der Waals surface area contributed by atoms with Crippen molar-refractivity contribution in [3.63, 3.8) is 0 Å². The Bertz CT molecular complexity index is 575. The Morgan fingerprint density at radius 1 is 0.895 bits per heavy atom. The molecule has 0 spiro atoms. The van der Waals surface area contributed by atoms with Crippen LogP contribution in [0.3, 0.4) is 0 Å². The van der Waals surface area contributed by atoms with Crippen LogP contribution in [0.2, 0.25) is 6.55 Å². The molecule has 19 heavy (non-hydrogen) atoms. The molecule has 0 saturated carbocycles. The number of hydrogen-bond donors (Lipinski definition) is 0. The molecule has 2 aromatic rings. The third kappa shape index (κ3) is 3.04. The molecule has 0 saturated heterocycles. The smallest absolute Gasteiger partial charge is 0.115 e. The summed E-state index contributed by atoms with van der Waals surface area (Å²) in [6.07, 6.45) is 0. The van der Waals surface area contributed by atoms with Crippen molar-refractivity contribution in [1.29, 1.82) is 0 Å². The maximum atomic E-state index is 3.89. The first kappa shape index (κ1) is 13.4. The molecule has 0 radical (unpaired) electrons. The van der Waals surface area contributed by atoms with Crippen LogP contribution in [0.4, 0.5) is 0 Å². The summed E-state index contributed by atoms with van der Waals surface area (Å²) in [5.41, 5.74) is 4.44. The van der Waals surface area contributed by atoms with Crippen LogP contribution in [-0.4, -0.2) is 8.07 Å². The summed E-state index contributed by atoms with van der Waals surface area (Å²) in [6, 6.07) is 21.2. The molecule has 0 atom stereocenters. The molecule has 0 aliphatic heterocycles. The molecule has 0 amide bonds. The van der Waals surface area contributed by atoms with E-state index in [2.05, 4.69) is 85.3 Å². The van der Waals surface area contributed by atoms with Gasteiger partial charge in [0.1, 0.15) is 0 Å². The lowest BCUT2D eigenvalue weighted by atomic mass is 10.4. The molecular formula is C18H18Si. The Morgan fingerprint density at radius 2 is 1.32 bits per heavy atom. The highest BCUT2D eigenvalue weighted by molar-refractivity contribution is 7.07. The number of allylic oxidation sites excluding steroid dienone is 1. The lowest BCUT2D eigenvalue weighted by molar-refractivity contribution is 1.62. The van der Waals surface area contributed by atoms with Gasteiger partial charge in [0.05, 0.1) is 0 Å². The molecule has 94 valence electrons. The minimum absolute atomic E-state index is 0.922. The van der Waals surface area contributed by atoms with Gasteiger partial charge in [0.25, 0.3) is 0 Å². The maximum Gasteiger partial charge on any atom is 0.196 e. The van der Waals surface area contributed by atoms with Gasteiger partial charge in [-0.25, -0.2) is 0 Å². The highest BCUT2D eigenvalue weighted by Gasteiger charge is 2.29. The molecule has 1 heteroatoms. The fraction of sp³-hybridized carbons (Fsp3) is 0.111. The van der Waals surface area contributed by atoms with Gasteiger partial charge in [0.15, 0.2) is 8.07 Å². The van der Waals surface area contributed by atoms with Crippen LogP contribution < -0.4 is 10.4 Å². The summed E-state index contributed by atoms with van der Waals surface area (Å²) < 4.78 is 0. The van der Waals surface area contributed by atoms with Gasteiger partial charge in [-0.15, -0.1) is 5.54 Å². The van der Waals surface area contributed by atoms with Crippen LogP contribution in [0.5, 0.6) is 0 Å². The molecule has 0 bridgehead atoms. The van der Waals surface area contributed by atoms with Gasteiger partial charge in [-0.1, -0.05) is 79.7 Å². The Labute approximate surface area is 116 Å². The van der Waals surface area contributed by atoms with E-state index >= 15 is 0 Å². The monoisotopic (exact) mass is 262 g/mol. The summed E-state index contributed by atoms with van der Waals surface area (Å²) in [5.74, 6) is 3.20. The third-order valence-corrected chi connectivity index (χ3v) is 6.83. The van der Waals surface area contributed by atoms with Crippen molar-refractivity contribution in [2.75, 3.05) is 0 Å². The lowest BCUT2D eigenvalue weighted by Crippen LogP contribution is -2.54. The van der Waals surface area contributed by atoms with E-state index in [-0.39, 0.29) is 0 Å². The first-order valence-electron chi connectivity index (χ1n) is 6.42. The second kappa shape index (κ2) is 5.73. The predicted molar refractivity (Wildman–Crippen MR) is 86.4 cm³/mol. The molecule has 0 fully saturated rings. The Balaban J connectivity index is 2.58. The van der Waals surface area contributed by atoms with Crippen LogP contribution in [0, 0.1) is 11.5 Å². The van der Waals surface area contributed by atoms with Crippen molar-refractivity contribution in [3.05, 3.63) is 72.8 Å². The Kier molecular flexibility index (Phi) is 4.04. The molecule has 0 aromatic heterocycles. The van der Waals surface area contributed by atoms with Gasteiger partial charge in [-0.05, 0) is 22.9 Å². The van der Waals surface area contributed by atoms with Crippen molar-refractivity contribution < 1.29 is 0 Å². The fourth-order valence-corrected chi connectivity index (χ4v) is 4.89. The fourth-order valence-electron chi connectivity index (χ4n) is 2.09. The van der Waals surface area contributed by atoms with Gasteiger partial charge in [0.2, 0.25) is 0 Å². The summed E-state index contributed by atoms with van der Waals surface area (Å²) in [5, 5.41) is 2.69. The van der Waals surface area contributed by atoms with Crippen LogP contribution in [-0.2, 0) is 0 Å². The number of benzene rings is 2. The topological polar surface area (TPSA) is 0 Å². The zero-order valence-electron chi connectivity index (χ0n) is 11.5. The first-order chi connectivity index (χ1) is 9.13. The molecular weight excluding hydrogens is 244 g/mol. The second-order valence-electron chi connectivity index (χ2n) is 4.89. The van der Waals surface area contributed by atoms with E-state index in [1.54, 1.807) is 0 Å². The average Bonchev–Trinajstić information content (AvgIpc) is 2.46. The summed E-state index contributed by atoms with van der Waals surface area (Å²) >= 11 is 0. The summed E-state index contributed by atoms with van der Waals surface area (Å²) in [6.45, 7) is 8.15. The van der Waals surface area contributed by atoms with E-state index in [1.165, 1.54) is 10.4 Å². The SMILES string of the molecule is C=C(C)C#C[Si](C)(c1ccccc1)c1ccccc1. The maximum absolute atomic E-state index is 3.89. The number of rotatable bonds is 2. The highest BCUT2D eigenvalue weighted by atomic mass is 28.3. The molecule has 0 heterocycles. The summed E-state index contributed by atoms with van der Waals surface area (Å²) in [4.78, 5) is 0. The van der Waals surface area contributed by atoms with Gasteiger partial charge < -0.3 is 0 Å². The zero-order chi connectivity index (χ0) is 13.7. The molecule has 0 N–H and O–H groups in total. The predicted octanol–water partition coefficient (Wildman–Crippen LogP) is 3.00. The quantitative estimate of drug-likeness (QED) is 0.576. The molecule has 0 unspecified atom stereocenters. The van der Waals surface area contributed by atoms with E-state index in [9.17, 15) is 0 Å². The van der Waals surface area contributed by atoms with Crippen LogP contribution in [0.1, 0.15) is 6.92 Å². The van der Waals surface area contributed by atoms with Crippen molar-refractivity contribution >= 4 is 18.4 Å². The van der Waals surface area contributed by atoms with Crippen LogP contribution >= 0.6 is 0 Å². The Morgan fingerprint density at radius 3 is 1.68 bits per heavy atom. The van der Waals surface area contributed by atoms with E-state index in [1.807, 2.05) is 6.92 Å². The number of hydrogen-bond acceptors (Lipinski definition) is 0. The van der Waals surface area contributed by atoms with Gasteiger partial charge in [0, 0.05) is 0 Å². The van der Waals surface area contributed by atoms with Crippen molar-refractivity contribution in [2.45, 2.75) is 13.5 Å². The van der Waals surface area contributed by atoms with Gasteiger partial charge >= 0.3 is 0 Å². The molecule has 0 aliphatic rings. The Hall–Kier alpha value is -2.04. The van der Waals surface area contributed by atoms with Gasteiger partial charge in [-0.3, -0.25) is 0 Å². The third-order valence-electron chi connectivity index (χ3n) is 3.23. The highest BCUT2D eigenvalue weighted by Crippen LogP contribution is 2.05. The van der Waals surface area contributed by atoms with Crippen LogP contribution in [0.15, 0.2) is 72.8 Å². The van der Waals surface area contributed by atoms with Crippen molar-refractivity contribution in [3.8, 4) is 11.5 Å². The zero-order valence-corrected chi connectivity index (χ0v) is 12.5. The van der Waals surface area contributed by atoms with Crippen LogP contribution in [0.25, 0.3) is 0 Å². The second-order valence-corrected chi connectivity index (χ2v) is 8.54. The minimum Gasteiger partial charge on any atom is -0.115 e. The molecule has 0 nitrogen and oxygen atoms in total. The van der Waals surface area contributed by atoms with E-state index < -0.39 is 8.07 Å². The summed E-state index contributed by atoms with van der Waals surface area (Å²) in [7, 11) is -1.99.